The molecule has 0 unspecified atom stereocenters. The van der Waals surface area contributed by atoms with E-state index >= 15 is 0 Å². The Morgan fingerprint density at radius 2 is 1.10 bits per heavy atom. The third-order valence-corrected chi connectivity index (χ3v) is 7.74. The van der Waals surface area contributed by atoms with Crippen molar-refractivity contribution in [1.82, 2.24) is 0 Å². The van der Waals surface area contributed by atoms with Gasteiger partial charge in [0.15, 0.2) is 0 Å². The van der Waals surface area contributed by atoms with Crippen LogP contribution in [0.25, 0.3) is 0 Å². The zero-order valence-electron chi connectivity index (χ0n) is 27.1. The smallest absolute Gasteiger partial charge is 0.427 e. The van der Waals surface area contributed by atoms with Gasteiger partial charge in [-0.25, -0.2) is 13.2 Å². The summed E-state index contributed by atoms with van der Waals surface area (Å²) in [6.45, 7) is 5.44. The van der Waals surface area contributed by atoms with Crippen molar-refractivity contribution >= 4 is 68.2 Å². The van der Waals surface area contributed by atoms with Crippen LogP contribution in [0.15, 0.2) is 63.5 Å². The topological polar surface area (TPSA) is 144 Å². The van der Waals surface area contributed by atoms with E-state index in [9.17, 15) is 32.3 Å². The minimum Gasteiger partial charge on any atom is -0.427 e. The fourth-order valence-corrected chi connectivity index (χ4v) is 4.64. The molecule has 0 saturated heterocycles. The first-order valence-corrected chi connectivity index (χ1v) is 16.4. The van der Waals surface area contributed by atoms with E-state index < -0.39 is 19.1 Å². The van der Waals surface area contributed by atoms with E-state index in [2.05, 4.69) is 36.6 Å². The maximum absolute atomic E-state index is 13.0. The minimum absolute atomic E-state index is 0. The van der Waals surface area contributed by atoms with Crippen LogP contribution in [-0.4, -0.2) is 40.7 Å². The SMILES string of the molecule is C.C.C.C.CC(=O)Cc1ccc(F)cc1Br.CC(=O)Cc1ccc(F)cc1C1CC1.CC(=O)OC(C)=O.Nc1ccc(F)cc1Br.OB(O)C1CC1. The summed E-state index contributed by atoms with van der Waals surface area (Å²) in [6.07, 6.45) is 5.05. The molecule has 4 N–H and O–H groups in total. The fraction of sp³-hybridized carbons (Fsp3) is 0.421. The van der Waals surface area contributed by atoms with Crippen molar-refractivity contribution in [1.29, 1.82) is 0 Å². The Hall–Kier alpha value is -3.33. The van der Waals surface area contributed by atoms with Gasteiger partial charge in [-0.15, -0.1) is 0 Å². The molecule has 2 fully saturated rings. The third-order valence-electron chi connectivity index (χ3n) is 6.31. The van der Waals surface area contributed by atoms with E-state index in [0.717, 1.165) is 42.4 Å². The van der Waals surface area contributed by atoms with Crippen LogP contribution in [0.1, 0.15) is 106 Å². The molecule has 292 valence electrons. The average molecular weight is 865 g/mol. The minimum atomic E-state index is -1.04. The van der Waals surface area contributed by atoms with Crippen LogP contribution in [0, 0.1) is 17.5 Å². The number of ketones is 2. The molecular weight excluding hydrogens is 810 g/mol. The Bertz CT molecular complexity index is 1540. The van der Waals surface area contributed by atoms with Gasteiger partial charge < -0.3 is 20.5 Å². The number of ether oxygens (including phenoxy) is 1. The van der Waals surface area contributed by atoms with Crippen molar-refractivity contribution in [3.05, 3.63) is 97.7 Å². The van der Waals surface area contributed by atoms with E-state index in [4.69, 9.17) is 15.8 Å². The summed E-state index contributed by atoms with van der Waals surface area (Å²) < 4.78 is 43.0. The second-order valence-electron chi connectivity index (χ2n) is 11.1. The summed E-state index contributed by atoms with van der Waals surface area (Å²) in [4.78, 5) is 41.4. The number of Topliss-reactive ketones (excluding diaryl/α,β-unsaturated/α-hetero) is 2. The van der Waals surface area contributed by atoms with Gasteiger partial charge in [0.25, 0.3) is 0 Å². The van der Waals surface area contributed by atoms with Gasteiger partial charge in [-0.1, -0.05) is 70.6 Å². The number of carbonyl (C=O) groups excluding carboxylic acids is 4. The standard InChI is InChI=1S/C12H13FO.C9H8BrFO.C6H5BrFN.C4H6O3.C3H7BO2.4CH4/c1-8(14)6-10-4-5-11(13)7-12(10)9-2-3-9;1-6(12)4-7-2-3-8(11)5-9(7)10;7-5-3-4(8)1-2-6(5)9;1-3(5)7-4(2)6;5-4(6)3-1-2-3;;;;/h4-5,7,9H,2-3,6H2,1H3;2-3,5H,4H2,1H3;1-3H,9H2;1-2H3;3,5-6H,1-2H2;4*1H4. The summed E-state index contributed by atoms with van der Waals surface area (Å²) >= 11 is 6.26. The molecule has 0 atom stereocenters. The van der Waals surface area contributed by atoms with Crippen LogP contribution in [0.2, 0.25) is 5.82 Å². The molecule has 52 heavy (non-hydrogen) atoms. The van der Waals surface area contributed by atoms with E-state index in [1.165, 1.54) is 57.2 Å². The van der Waals surface area contributed by atoms with Gasteiger partial charge in [0.1, 0.15) is 29.0 Å². The van der Waals surface area contributed by atoms with Gasteiger partial charge in [0.2, 0.25) is 0 Å². The number of rotatable bonds is 6. The Balaban J connectivity index is -0.000000280. The molecule has 0 radical (unpaired) electrons. The molecule has 0 spiro atoms. The predicted molar refractivity (Wildman–Crippen MR) is 212 cm³/mol. The van der Waals surface area contributed by atoms with E-state index in [-0.39, 0.29) is 64.5 Å². The van der Waals surface area contributed by atoms with Crippen molar-refractivity contribution in [3.63, 3.8) is 0 Å². The Labute approximate surface area is 325 Å². The molecular formula is C38H55BBr2F3NO7. The molecule has 14 heteroatoms. The van der Waals surface area contributed by atoms with Gasteiger partial charge in [-0.2, -0.15) is 0 Å². The van der Waals surface area contributed by atoms with Crippen LogP contribution >= 0.6 is 31.9 Å². The number of anilines is 1. The molecule has 0 amide bonds. The quantitative estimate of drug-likeness (QED) is 0.0962. The summed E-state index contributed by atoms with van der Waals surface area (Å²) in [5.41, 5.74) is 8.79. The van der Waals surface area contributed by atoms with Crippen LogP contribution in [0.5, 0.6) is 0 Å². The highest BCUT2D eigenvalue weighted by molar-refractivity contribution is 9.10. The first-order chi connectivity index (χ1) is 22.4. The maximum Gasteiger partial charge on any atom is 0.454 e. The highest BCUT2D eigenvalue weighted by Crippen LogP contribution is 2.42. The number of nitrogen functional groups attached to an aromatic ring is 1. The molecule has 0 aliphatic heterocycles. The molecule has 5 rings (SSSR count). The van der Waals surface area contributed by atoms with Crippen LogP contribution < -0.4 is 5.73 Å². The van der Waals surface area contributed by atoms with Gasteiger partial charge in [-0.3, -0.25) is 19.2 Å². The number of benzene rings is 3. The van der Waals surface area contributed by atoms with Crippen LogP contribution in [0.4, 0.5) is 18.9 Å². The average Bonchev–Trinajstić information content (AvgIpc) is 3.87. The van der Waals surface area contributed by atoms with E-state index in [0.29, 0.717) is 33.4 Å². The molecule has 2 aliphatic rings. The van der Waals surface area contributed by atoms with Crippen molar-refractivity contribution in [2.75, 3.05) is 5.73 Å². The van der Waals surface area contributed by atoms with Gasteiger partial charge in [-0.05, 0) is 114 Å². The van der Waals surface area contributed by atoms with Gasteiger partial charge >= 0.3 is 19.1 Å². The highest BCUT2D eigenvalue weighted by atomic mass is 79.9. The molecule has 0 bridgehead atoms. The molecule has 2 saturated carbocycles. The monoisotopic (exact) mass is 863 g/mol. The summed E-state index contributed by atoms with van der Waals surface area (Å²) in [7, 11) is -1.04. The second kappa shape index (κ2) is 28.2. The van der Waals surface area contributed by atoms with Gasteiger partial charge in [0, 0.05) is 41.3 Å². The normalized spacial score (nSPS) is 11.6. The first-order valence-electron chi connectivity index (χ1n) is 14.9. The Kier molecular flexibility index (Phi) is 30.1. The summed E-state index contributed by atoms with van der Waals surface area (Å²) in [5.74, 6) is -0.977. The Morgan fingerprint density at radius 3 is 1.40 bits per heavy atom. The van der Waals surface area contributed by atoms with E-state index in [1.54, 1.807) is 25.1 Å². The number of esters is 2. The lowest BCUT2D eigenvalue weighted by Gasteiger charge is -2.06. The first kappa shape index (κ1) is 55.4. The predicted octanol–water partition coefficient (Wildman–Crippen LogP) is 9.99. The number of hydrogen-bond acceptors (Lipinski definition) is 8. The van der Waals surface area contributed by atoms with Crippen molar-refractivity contribution in [3.8, 4) is 0 Å². The fourth-order valence-electron chi connectivity index (χ4n) is 3.80. The number of nitrogens with two attached hydrogens (primary N) is 1. The number of carbonyl (C=O) groups is 4. The zero-order valence-corrected chi connectivity index (χ0v) is 30.2. The molecule has 0 aromatic heterocycles. The maximum atomic E-state index is 13.0. The third kappa shape index (κ3) is 25.6. The number of halogens is 5. The summed E-state index contributed by atoms with van der Waals surface area (Å²) in [6, 6.07) is 13.2. The second-order valence-corrected chi connectivity index (χ2v) is 12.8. The molecule has 3 aromatic carbocycles. The molecule has 0 heterocycles. The van der Waals surface area contributed by atoms with Crippen LogP contribution in [-0.2, 0) is 36.8 Å². The lowest BCUT2D eigenvalue weighted by atomic mass is 9.84. The number of hydrogen-bond donors (Lipinski definition) is 3. The van der Waals surface area contributed by atoms with Crippen molar-refractivity contribution in [2.24, 2.45) is 0 Å². The molecule has 3 aromatic rings. The van der Waals surface area contributed by atoms with Crippen LogP contribution in [0.3, 0.4) is 0 Å². The lowest BCUT2D eigenvalue weighted by Crippen LogP contribution is -2.09. The van der Waals surface area contributed by atoms with Gasteiger partial charge in [0.05, 0.1) is 0 Å². The largest absolute Gasteiger partial charge is 0.454 e. The Morgan fingerprint density at radius 1 is 0.692 bits per heavy atom. The van der Waals surface area contributed by atoms with Crippen molar-refractivity contribution in [2.45, 2.75) is 108 Å². The molecule has 2 aliphatic carbocycles. The van der Waals surface area contributed by atoms with E-state index in [1.807, 2.05) is 0 Å². The van der Waals surface area contributed by atoms with Crippen molar-refractivity contribution < 1.29 is 47.1 Å². The lowest BCUT2D eigenvalue weighted by molar-refractivity contribution is -0.156. The highest BCUT2D eigenvalue weighted by Gasteiger charge is 2.33. The summed E-state index contributed by atoms with van der Waals surface area (Å²) in [5, 5.41) is 16.5. The molecule has 8 nitrogen and oxygen atoms in total. The zero-order chi connectivity index (χ0) is 36.6.